The molecule has 104 valence electrons. The summed E-state index contributed by atoms with van der Waals surface area (Å²) < 4.78 is 12.9. The van der Waals surface area contributed by atoms with Crippen molar-refractivity contribution in [2.24, 2.45) is 0 Å². The van der Waals surface area contributed by atoms with Gasteiger partial charge in [-0.3, -0.25) is 0 Å². The van der Waals surface area contributed by atoms with E-state index in [1.54, 1.807) is 18.6 Å². The predicted octanol–water partition coefficient (Wildman–Crippen LogP) is 1.35. The Hall–Kier alpha value is -2.50. The van der Waals surface area contributed by atoms with Crippen LogP contribution in [0.4, 0.5) is 0 Å². The first-order valence-electron chi connectivity index (χ1n) is 6.33. The number of carbonyl (C=O) groups is 1. The van der Waals surface area contributed by atoms with Crippen LogP contribution in [0.3, 0.4) is 0 Å². The van der Waals surface area contributed by atoms with Crippen molar-refractivity contribution in [3.63, 3.8) is 0 Å². The molecule has 20 heavy (non-hydrogen) atoms. The number of ether oxygens (including phenoxy) is 2. The van der Waals surface area contributed by atoms with Crippen LogP contribution in [0.1, 0.15) is 5.56 Å². The molecule has 1 aromatic heterocycles. The third kappa shape index (κ3) is 2.59. The summed E-state index contributed by atoms with van der Waals surface area (Å²) in [5.74, 6) is 0.330. The van der Waals surface area contributed by atoms with E-state index in [1.807, 2.05) is 22.9 Å². The van der Waals surface area contributed by atoms with Crippen molar-refractivity contribution in [3.05, 3.63) is 42.5 Å². The van der Waals surface area contributed by atoms with Gasteiger partial charge in [-0.15, -0.1) is 0 Å². The molecular formula is C14H14N2O4. The summed E-state index contributed by atoms with van der Waals surface area (Å²) >= 11 is 0. The second-order valence-corrected chi connectivity index (χ2v) is 4.57. The van der Waals surface area contributed by atoms with Gasteiger partial charge < -0.3 is 19.1 Å². The van der Waals surface area contributed by atoms with Crippen LogP contribution < -0.4 is 9.47 Å². The third-order valence-electron chi connectivity index (χ3n) is 3.17. The Morgan fingerprint density at radius 1 is 1.55 bits per heavy atom. The van der Waals surface area contributed by atoms with Crippen molar-refractivity contribution in [1.29, 1.82) is 0 Å². The zero-order valence-corrected chi connectivity index (χ0v) is 10.7. The van der Waals surface area contributed by atoms with E-state index in [2.05, 4.69) is 4.98 Å². The highest BCUT2D eigenvalue weighted by Crippen LogP contribution is 2.32. The minimum absolute atomic E-state index is 0.403. The molecule has 2 aromatic rings. The molecule has 1 aromatic carbocycles. The molecule has 1 aliphatic rings. The predicted molar refractivity (Wildman–Crippen MR) is 69.9 cm³/mol. The Labute approximate surface area is 115 Å². The lowest BCUT2D eigenvalue weighted by Gasteiger charge is -2.08. The largest absolute Gasteiger partial charge is 0.492 e. The van der Waals surface area contributed by atoms with E-state index in [0.717, 1.165) is 5.56 Å². The summed E-state index contributed by atoms with van der Waals surface area (Å²) in [6.45, 7) is 1.22. The molecule has 2 heterocycles. The Balaban J connectivity index is 1.60. The monoisotopic (exact) mass is 274 g/mol. The molecule has 6 heteroatoms. The number of nitrogens with zero attached hydrogens (tertiary/aromatic N) is 2. The van der Waals surface area contributed by atoms with E-state index < -0.39 is 12.1 Å². The van der Waals surface area contributed by atoms with Crippen LogP contribution in [-0.2, 0) is 17.8 Å². The molecule has 0 bridgehead atoms. The van der Waals surface area contributed by atoms with Crippen LogP contribution >= 0.6 is 0 Å². The van der Waals surface area contributed by atoms with Gasteiger partial charge in [0, 0.05) is 24.9 Å². The van der Waals surface area contributed by atoms with Crippen molar-refractivity contribution >= 4 is 5.97 Å². The molecule has 0 spiro atoms. The molecule has 0 saturated carbocycles. The lowest BCUT2D eigenvalue weighted by Crippen LogP contribution is -2.24. The van der Waals surface area contributed by atoms with Crippen LogP contribution in [0.15, 0.2) is 36.9 Å². The minimum atomic E-state index is -0.941. The van der Waals surface area contributed by atoms with Crippen molar-refractivity contribution in [2.45, 2.75) is 19.1 Å². The normalized spacial score (nSPS) is 16.5. The summed E-state index contributed by atoms with van der Waals surface area (Å²) in [5.41, 5.74) is 0.902. The number of carboxylic acid groups (broad SMARTS) is 1. The molecular weight excluding hydrogens is 260 g/mol. The number of aliphatic carboxylic acids is 1. The fourth-order valence-electron chi connectivity index (χ4n) is 2.12. The number of hydrogen-bond donors (Lipinski definition) is 1. The van der Waals surface area contributed by atoms with Gasteiger partial charge in [-0.25, -0.2) is 9.78 Å². The standard InChI is InChI=1S/C14H14N2O4/c17-14(18)13-7-10-1-2-11(8-12(10)20-13)19-6-5-16-4-3-15-9-16/h1-4,8-9,13H,5-7H2,(H,17,18). The van der Waals surface area contributed by atoms with Gasteiger partial charge in [-0.1, -0.05) is 6.07 Å². The summed E-state index contributed by atoms with van der Waals surface area (Å²) in [7, 11) is 0. The van der Waals surface area contributed by atoms with Crippen molar-refractivity contribution in [2.75, 3.05) is 6.61 Å². The maximum absolute atomic E-state index is 10.9. The third-order valence-corrected chi connectivity index (χ3v) is 3.17. The molecule has 3 rings (SSSR count). The van der Waals surface area contributed by atoms with Crippen LogP contribution in [-0.4, -0.2) is 33.3 Å². The summed E-state index contributed by atoms with van der Waals surface area (Å²) in [6.07, 6.45) is 4.93. The minimum Gasteiger partial charge on any atom is -0.492 e. The zero-order chi connectivity index (χ0) is 13.9. The van der Waals surface area contributed by atoms with E-state index in [4.69, 9.17) is 14.6 Å². The van der Waals surface area contributed by atoms with Crippen molar-refractivity contribution < 1.29 is 19.4 Å². The van der Waals surface area contributed by atoms with Crippen LogP contribution in [0, 0.1) is 0 Å². The number of rotatable bonds is 5. The van der Waals surface area contributed by atoms with Crippen molar-refractivity contribution in [1.82, 2.24) is 9.55 Å². The summed E-state index contributed by atoms with van der Waals surface area (Å²) in [5, 5.41) is 8.94. The van der Waals surface area contributed by atoms with E-state index in [1.165, 1.54) is 0 Å². The van der Waals surface area contributed by atoms with Crippen LogP contribution in [0.2, 0.25) is 0 Å². The van der Waals surface area contributed by atoms with Gasteiger partial charge in [-0.2, -0.15) is 0 Å². The first-order chi connectivity index (χ1) is 9.72. The second kappa shape index (κ2) is 5.24. The van der Waals surface area contributed by atoms with Gasteiger partial charge >= 0.3 is 5.97 Å². The maximum Gasteiger partial charge on any atom is 0.345 e. The molecule has 0 saturated heterocycles. The molecule has 1 aliphatic heterocycles. The summed E-state index contributed by atoms with van der Waals surface area (Å²) in [4.78, 5) is 14.8. The SMILES string of the molecule is O=C(O)C1Cc2ccc(OCCn3ccnc3)cc2O1. The second-order valence-electron chi connectivity index (χ2n) is 4.57. The molecule has 0 aliphatic carbocycles. The Morgan fingerprint density at radius 2 is 2.45 bits per heavy atom. The van der Waals surface area contributed by atoms with E-state index in [0.29, 0.717) is 31.1 Å². The van der Waals surface area contributed by atoms with E-state index in [9.17, 15) is 4.79 Å². The highest BCUT2D eigenvalue weighted by atomic mass is 16.5. The lowest BCUT2D eigenvalue weighted by atomic mass is 10.1. The van der Waals surface area contributed by atoms with Gasteiger partial charge in [0.1, 0.15) is 18.1 Å². The molecule has 0 radical (unpaired) electrons. The Kier molecular flexibility index (Phi) is 3.28. The molecule has 0 amide bonds. The average Bonchev–Trinajstić information content (AvgIpc) is 3.06. The number of imidazole rings is 1. The van der Waals surface area contributed by atoms with Gasteiger partial charge in [0.15, 0.2) is 6.10 Å². The first kappa shape index (κ1) is 12.5. The molecule has 0 fully saturated rings. The first-order valence-corrected chi connectivity index (χ1v) is 6.33. The molecule has 1 atom stereocenters. The Bertz CT molecular complexity index is 610. The number of benzene rings is 1. The van der Waals surface area contributed by atoms with E-state index >= 15 is 0 Å². The number of fused-ring (bicyclic) bond motifs is 1. The summed E-state index contributed by atoms with van der Waals surface area (Å²) in [6, 6.07) is 5.43. The topological polar surface area (TPSA) is 73.6 Å². The highest BCUT2D eigenvalue weighted by Gasteiger charge is 2.28. The Morgan fingerprint density at radius 3 is 3.20 bits per heavy atom. The quantitative estimate of drug-likeness (QED) is 0.891. The highest BCUT2D eigenvalue weighted by molar-refractivity contribution is 5.74. The van der Waals surface area contributed by atoms with Crippen LogP contribution in [0.5, 0.6) is 11.5 Å². The number of aromatic nitrogens is 2. The number of carboxylic acids is 1. The maximum atomic E-state index is 10.9. The molecule has 1 N–H and O–H groups in total. The number of hydrogen-bond acceptors (Lipinski definition) is 4. The fourth-order valence-corrected chi connectivity index (χ4v) is 2.12. The smallest absolute Gasteiger partial charge is 0.345 e. The zero-order valence-electron chi connectivity index (χ0n) is 10.7. The van der Waals surface area contributed by atoms with Gasteiger partial charge in [0.25, 0.3) is 0 Å². The van der Waals surface area contributed by atoms with Gasteiger partial charge in [-0.05, 0) is 11.6 Å². The van der Waals surface area contributed by atoms with Gasteiger partial charge in [0.2, 0.25) is 0 Å². The molecule has 1 unspecified atom stereocenters. The van der Waals surface area contributed by atoms with E-state index in [-0.39, 0.29) is 0 Å². The van der Waals surface area contributed by atoms with Crippen molar-refractivity contribution in [3.8, 4) is 11.5 Å². The lowest BCUT2D eigenvalue weighted by molar-refractivity contribution is -0.144. The van der Waals surface area contributed by atoms with Gasteiger partial charge in [0.05, 0.1) is 12.9 Å². The molecule has 6 nitrogen and oxygen atoms in total. The average molecular weight is 274 g/mol. The van der Waals surface area contributed by atoms with Crippen LogP contribution in [0.25, 0.3) is 0 Å². The fraction of sp³-hybridized carbons (Fsp3) is 0.286.